The number of aromatic nitrogens is 1. The molecule has 2 aliphatic rings. The number of thiophene rings is 1. The van der Waals surface area contributed by atoms with E-state index in [0.29, 0.717) is 35.9 Å². The summed E-state index contributed by atoms with van der Waals surface area (Å²) >= 11 is 1.47. The molecule has 2 aromatic heterocycles. The Hall–Kier alpha value is -2.48. The van der Waals surface area contributed by atoms with E-state index in [-0.39, 0.29) is 11.4 Å². The first-order valence-corrected chi connectivity index (χ1v) is 11.1. The molecule has 3 aromatic rings. The molecule has 0 spiro atoms. The van der Waals surface area contributed by atoms with Crippen molar-refractivity contribution >= 4 is 38.8 Å². The van der Waals surface area contributed by atoms with Gasteiger partial charge in [-0.15, -0.1) is 11.3 Å². The number of nitrogens with two attached hydrogens (primary N) is 1. The number of ketones is 1. The molecule has 1 fully saturated rings. The first kappa shape index (κ1) is 19.5. The molecule has 156 valence electrons. The molecule has 7 heteroatoms. The SMILES string of the molecule is CC1(C)Cc2c(N3CCOCC3)[nH+]c3c(N)c(C(=O)c4ccccc4)sc3c2CO1. The van der Waals surface area contributed by atoms with Gasteiger partial charge in [0.1, 0.15) is 23.7 Å². The number of rotatable bonds is 3. The van der Waals surface area contributed by atoms with Crippen molar-refractivity contribution in [2.24, 2.45) is 0 Å². The van der Waals surface area contributed by atoms with Gasteiger partial charge in [0.2, 0.25) is 5.78 Å². The second-order valence-electron chi connectivity index (χ2n) is 8.50. The number of ether oxygens (including phenoxy) is 2. The Kier molecular flexibility index (Phi) is 4.76. The highest BCUT2D eigenvalue weighted by Crippen LogP contribution is 2.42. The van der Waals surface area contributed by atoms with Gasteiger partial charge in [-0.2, -0.15) is 0 Å². The summed E-state index contributed by atoms with van der Waals surface area (Å²) in [7, 11) is 0. The number of anilines is 2. The zero-order chi connectivity index (χ0) is 20.9. The Bertz CT molecular complexity index is 1120. The second-order valence-corrected chi connectivity index (χ2v) is 9.52. The van der Waals surface area contributed by atoms with E-state index in [1.54, 1.807) is 0 Å². The van der Waals surface area contributed by atoms with Crippen LogP contribution >= 0.6 is 11.3 Å². The second kappa shape index (κ2) is 7.34. The van der Waals surface area contributed by atoms with Gasteiger partial charge in [0.05, 0.1) is 35.7 Å². The Morgan fingerprint density at radius 2 is 1.90 bits per heavy atom. The zero-order valence-corrected chi connectivity index (χ0v) is 18.1. The lowest BCUT2D eigenvalue weighted by Gasteiger charge is -2.33. The molecule has 0 aliphatic carbocycles. The number of carbonyl (C=O) groups excluding carboxylic acids is 1. The molecule has 30 heavy (non-hydrogen) atoms. The Balaban J connectivity index is 1.69. The van der Waals surface area contributed by atoms with E-state index in [0.717, 1.165) is 41.1 Å². The van der Waals surface area contributed by atoms with Crippen LogP contribution in [0, 0.1) is 0 Å². The third-order valence-electron chi connectivity index (χ3n) is 5.89. The van der Waals surface area contributed by atoms with E-state index in [9.17, 15) is 4.79 Å². The summed E-state index contributed by atoms with van der Waals surface area (Å²) in [5.74, 6) is 1.04. The van der Waals surface area contributed by atoms with Crippen LogP contribution in [0.4, 0.5) is 11.5 Å². The number of nitrogen functional groups attached to an aromatic ring is 1. The molecular formula is C23H26N3O3S+. The Labute approximate surface area is 179 Å². The molecule has 0 radical (unpaired) electrons. The van der Waals surface area contributed by atoms with E-state index < -0.39 is 0 Å². The molecule has 2 aliphatic heterocycles. The molecule has 0 amide bonds. The van der Waals surface area contributed by atoms with Crippen molar-refractivity contribution in [3.05, 3.63) is 51.9 Å². The summed E-state index contributed by atoms with van der Waals surface area (Å²) in [4.78, 5) is 19.7. The minimum Gasteiger partial charge on any atom is -0.394 e. The number of nitrogens with zero attached hydrogens (tertiary/aromatic N) is 1. The highest BCUT2D eigenvalue weighted by molar-refractivity contribution is 7.21. The van der Waals surface area contributed by atoms with Gasteiger partial charge in [0, 0.05) is 17.5 Å². The molecule has 5 rings (SSSR count). The fourth-order valence-electron chi connectivity index (χ4n) is 4.29. The fraction of sp³-hybridized carbons (Fsp3) is 0.391. The number of morpholine rings is 1. The van der Waals surface area contributed by atoms with Crippen LogP contribution in [0.15, 0.2) is 30.3 Å². The maximum absolute atomic E-state index is 13.2. The molecule has 1 aromatic carbocycles. The van der Waals surface area contributed by atoms with Crippen molar-refractivity contribution in [3.63, 3.8) is 0 Å². The molecule has 1 saturated heterocycles. The van der Waals surface area contributed by atoms with Gasteiger partial charge < -0.3 is 15.2 Å². The minimum atomic E-state index is -0.235. The predicted molar refractivity (Wildman–Crippen MR) is 118 cm³/mol. The van der Waals surface area contributed by atoms with E-state index >= 15 is 0 Å². The van der Waals surface area contributed by atoms with Crippen molar-refractivity contribution in [1.29, 1.82) is 0 Å². The van der Waals surface area contributed by atoms with Gasteiger partial charge >= 0.3 is 0 Å². The van der Waals surface area contributed by atoms with Crippen molar-refractivity contribution in [1.82, 2.24) is 0 Å². The van der Waals surface area contributed by atoms with Crippen molar-refractivity contribution in [2.75, 3.05) is 36.9 Å². The number of carbonyl (C=O) groups is 1. The standard InChI is InChI=1S/C23H25N3O3S/c1-23(2)12-15-16(13-29-23)20-18(25-22(15)26-8-10-28-11-9-26)17(24)21(30-20)19(27)14-6-4-3-5-7-14/h3-7H,8-13,24H2,1-2H3/p+1. The monoisotopic (exact) mass is 424 g/mol. The van der Waals surface area contributed by atoms with Gasteiger partial charge in [0.15, 0.2) is 5.52 Å². The first-order chi connectivity index (χ1) is 14.4. The smallest absolute Gasteiger partial charge is 0.278 e. The molecule has 3 N–H and O–H groups in total. The number of hydrogen-bond acceptors (Lipinski definition) is 6. The van der Waals surface area contributed by atoms with Gasteiger partial charge in [-0.25, -0.2) is 4.98 Å². The van der Waals surface area contributed by atoms with E-state index in [1.807, 2.05) is 30.3 Å². The van der Waals surface area contributed by atoms with Crippen LogP contribution in [0.1, 0.15) is 40.2 Å². The van der Waals surface area contributed by atoms with Crippen LogP contribution in [0.2, 0.25) is 0 Å². The average molecular weight is 425 g/mol. The normalized spacial score (nSPS) is 18.4. The number of benzene rings is 1. The number of fused-ring (bicyclic) bond motifs is 3. The Morgan fingerprint density at radius 3 is 2.63 bits per heavy atom. The van der Waals surface area contributed by atoms with Crippen molar-refractivity contribution in [2.45, 2.75) is 32.5 Å². The molecule has 0 bridgehead atoms. The molecule has 4 heterocycles. The maximum Gasteiger partial charge on any atom is 0.278 e. The quantitative estimate of drug-likeness (QED) is 0.653. The van der Waals surface area contributed by atoms with Crippen LogP contribution in [-0.2, 0) is 22.5 Å². The highest BCUT2D eigenvalue weighted by Gasteiger charge is 2.37. The number of nitrogens with one attached hydrogen (secondary N) is 1. The topological polar surface area (TPSA) is 78.9 Å². The number of aromatic amines is 1. The predicted octanol–water partition coefficient (Wildman–Crippen LogP) is 3.22. The lowest BCUT2D eigenvalue weighted by molar-refractivity contribution is -0.331. The first-order valence-electron chi connectivity index (χ1n) is 10.3. The minimum absolute atomic E-state index is 0.0403. The van der Waals surface area contributed by atoms with Gasteiger partial charge in [0.25, 0.3) is 5.82 Å². The molecule has 0 saturated carbocycles. The van der Waals surface area contributed by atoms with E-state index in [1.165, 1.54) is 16.9 Å². The van der Waals surface area contributed by atoms with Crippen LogP contribution in [0.25, 0.3) is 10.2 Å². The van der Waals surface area contributed by atoms with Crippen molar-refractivity contribution < 1.29 is 19.3 Å². The number of pyridine rings is 1. The molecular weight excluding hydrogens is 398 g/mol. The Morgan fingerprint density at radius 1 is 1.17 bits per heavy atom. The van der Waals surface area contributed by atoms with Crippen LogP contribution in [0.3, 0.4) is 0 Å². The van der Waals surface area contributed by atoms with Gasteiger partial charge in [-0.1, -0.05) is 30.3 Å². The number of H-pyrrole nitrogens is 1. The number of hydrogen-bond donors (Lipinski definition) is 1. The van der Waals surface area contributed by atoms with Crippen LogP contribution in [-0.4, -0.2) is 37.7 Å². The van der Waals surface area contributed by atoms with Gasteiger partial charge in [-0.05, 0) is 13.8 Å². The molecule has 6 nitrogen and oxygen atoms in total. The van der Waals surface area contributed by atoms with Crippen LogP contribution in [0.5, 0.6) is 0 Å². The summed E-state index contributed by atoms with van der Waals surface area (Å²) in [5.41, 5.74) is 10.7. The highest BCUT2D eigenvalue weighted by atomic mass is 32.1. The molecule has 0 unspecified atom stereocenters. The third kappa shape index (κ3) is 3.27. The lowest BCUT2D eigenvalue weighted by atomic mass is 9.91. The largest absolute Gasteiger partial charge is 0.394 e. The average Bonchev–Trinajstić information content (AvgIpc) is 3.09. The fourth-order valence-corrected chi connectivity index (χ4v) is 5.48. The maximum atomic E-state index is 13.2. The molecule has 0 atom stereocenters. The summed E-state index contributed by atoms with van der Waals surface area (Å²) < 4.78 is 12.7. The summed E-state index contributed by atoms with van der Waals surface area (Å²) in [6, 6.07) is 9.31. The van der Waals surface area contributed by atoms with Crippen LogP contribution < -0.4 is 15.6 Å². The third-order valence-corrected chi connectivity index (χ3v) is 7.16. The van der Waals surface area contributed by atoms with E-state index in [2.05, 4.69) is 23.7 Å². The van der Waals surface area contributed by atoms with Gasteiger partial charge in [-0.3, -0.25) is 9.69 Å². The van der Waals surface area contributed by atoms with E-state index in [4.69, 9.17) is 15.2 Å². The van der Waals surface area contributed by atoms with Crippen molar-refractivity contribution in [3.8, 4) is 0 Å². The summed E-state index contributed by atoms with van der Waals surface area (Å²) in [6.45, 7) is 7.83. The summed E-state index contributed by atoms with van der Waals surface area (Å²) in [6.07, 6.45) is 0.807. The zero-order valence-electron chi connectivity index (χ0n) is 17.3. The lowest BCUT2D eigenvalue weighted by Crippen LogP contribution is -2.42. The summed E-state index contributed by atoms with van der Waals surface area (Å²) in [5, 5.41) is 0.